The van der Waals surface area contributed by atoms with Crippen LogP contribution in [0.1, 0.15) is 48.7 Å². The third kappa shape index (κ3) is 4.86. The van der Waals surface area contributed by atoms with Crippen LogP contribution in [-0.4, -0.2) is 54.4 Å². The largest absolute Gasteiger partial charge is 0.482 e. The van der Waals surface area contributed by atoms with E-state index in [4.69, 9.17) is 4.74 Å². The Balaban J connectivity index is 1.53. The van der Waals surface area contributed by atoms with Crippen LogP contribution >= 0.6 is 11.3 Å². The molecule has 0 N–H and O–H groups in total. The summed E-state index contributed by atoms with van der Waals surface area (Å²) in [5.74, 6) is 1.23. The first kappa shape index (κ1) is 20.9. The fraction of sp³-hybridized carbons (Fsp3) is 0.500. The van der Waals surface area contributed by atoms with Gasteiger partial charge in [-0.05, 0) is 49.7 Å². The quantitative estimate of drug-likeness (QED) is 0.698. The lowest BCUT2D eigenvalue weighted by molar-refractivity contribution is -0.134. The molecule has 6 heteroatoms. The molecule has 2 saturated heterocycles. The summed E-state index contributed by atoms with van der Waals surface area (Å²) in [6.45, 7) is 5.40. The van der Waals surface area contributed by atoms with Crippen molar-refractivity contribution in [2.24, 2.45) is 5.92 Å². The molecule has 0 aliphatic carbocycles. The first-order chi connectivity index (χ1) is 14.6. The molecule has 0 bridgehead atoms. The SMILES string of the molecule is CC1CCN(C(=O)c2sc(-c3ccccc3)cc2OCC(=O)N2CCCCC2)CC1. The number of likely N-dealkylation sites (tertiary alicyclic amines) is 2. The molecule has 1 aromatic heterocycles. The molecule has 2 fully saturated rings. The van der Waals surface area contributed by atoms with Crippen molar-refractivity contribution >= 4 is 23.2 Å². The Morgan fingerprint density at radius 3 is 2.40 bits per heavy atom. The van der Waals surface area contributed by atoms with Gasteiger partial charge in [0.2, 0.25) is 0 Å². The molecule has 3 heterocycles. The minimum Gasteiger partial charge on any atom is -0.482 e. The molecule has 1 aromatic carbocycles. The molecule has 0 atom stereocenters. The molecule has 2 aliphatic heterocycles. The maximum absolute atomic E-state index is 13.3. The second kappa shape index (κ2) is 9.65. The van der Waals surface area contributed by atoms with Crippen molar-refractivity contribution < 1.29 is 14.3 Å². The minimum absolute atomic E-state index is 0.00681. The van der Waals surface area contributed by atoms with Crippen LogP contribution in [0.3, 0.4) is 0 Å². The molecule has 0 unspecified atom stereocenters. The lowest BCUT2D eigenvalue weighted by Gasteiger charge is -2.30. The number of piperidine rings is 2. The van der Waals surface area contributed by atoms with Gasteiger partial charge in [-0.1, -0.05) is 37.3 Å². The number of hydrogen-bond donors (Lipinski definition) is 0. The smallest absolute Gasteiger partial charge is 0.267 e. The van der Waals surface area contributed by atoms with Crippen molar-refractivity contribution in [2.75, 3.05) is 32.8 Å². The maximum Gasteiger partial charge on any atom is 0.267 e. The van der Waals surface area contributed by atoms with Gasteiger partial charge < -0.3 is 14.5 Å². The summed E-state index contributed by atoms with van der Waals surface area (Å²) in [5, 5.41) is 0. The lowest BCUT2D eigenvalue weighted by atomic mass is 9.99. The van der Waals surface area contributed by atoms with Crippen molar-refractivity contribution in [1.29, 1.82) is 0 Å². The molecule has 160 valence electrons. The Morgan fingerprint density at radius 2 is 1.70 bits per heavy atom. The number of hydrogen-bond acceptors (Lipinski definition) is 4. The zero-order valence-corrected chi connectivity index (χ0v) is 18.5. The molecule has 2 aromatic rings. The van der Waals surface area contributed by atoms with Gasteiger partial charge in [0.05, 0.1) is 0 Å². The van der Waals surface area contributed by atoms with E-state index in [1.807, 2.05) is 46.2 Å². The lowest BCUT2D eigenvalue weighted by Crippen LogP contribution is -2.39. The van der Waals surface area contributed by atoms with E-state index in [0.717, 1.165) is 62.3 Å². The standard InChI is InChI=1S/C24H30N2O3S/c1-18-10-14-26(15-11-18)24(28)23-20(16-21(30-23)19-8-4-2-5-9-19)29-17-22(27)25-12-6-3-7-13-25/h2,4-5,8-9,16,18H,3,6-7,10-15,17H2,1H3. The summed E-state index contributed by atoms with van der Waals surface area (Å²) >= 11 is 1.46. The number of thiophene rings is 1. The first-order valence-electron chi connectivity index (χ1n) is 11.0. The zero-order chi connectivity index (χ0) is 20.9. The second-order valence-electron chi connectivity index (χ2n) is 8.37. The molecule has 2 amide bonds. The monoisotopic (exact) mass is 426 g/mol. The average Bonchev–Trinajstić information content (AvgIpc) is 3.23. The predicted molar refractivity (Wildman–Crippen MR) is 120 cm³/mol. The van der Waals surface area contributed by atoms with Crippen LogP contribution in [0.25, 0.3) is 10.4 Å². The Kier molecular flexibility index (Phi) is 6.72. The highest BCUT2D eigenvalue weighted by molar-refractivity contribution is 7.17. The van der Waals surface area contributed by atoms with Crippen molar-refractivity contribution in [2.45, 2.75) is 39.0 Å². The Hall–Kier alpha value is -2.34. The first-order valence-corrected chi connectivity index (χ1v) is 11.8. The van der Waals surface area contributed by atoms with Crippen LogP contribution in [0, 0.1) is 5.92 Å². The molecule has 0 spiro atoms. The van der Waals surface area contributed by atoms with Gasteiger partial charge in [0.25, 0.3) is 11.8 Å². The van der Waals surface area contributed by atoms with E-state index in [0.29, 0.717) is 16.5 Å². The van der Waals surface area contributed by atoms with Crippen LogP contribution in [-0.2, 0) is 4.79 Å². The third-order valence-corrected chi connectivity index (χ3v) is 7.23. The number of ether oxygens (including phenoxy) is 1. The number of rotatable bonds is 5. The van der Waals surface area contributed by atoms with E-state index in [9.17, 15) is 9.59 Å². The topological polar surface area (TPSA) is 49.9 Å². The fourth-order valence-electron chi connectivity index (χ4n) is 4.10. The molecular formula is C24H30N2O3S. The molecule has 5 nitrogen and oxygen atoms in total. The zero-order valence-electron chi connectivity index (χ0n) is 17.6. The highest BCUT2D eigenvalue weighted by atomic mass is 32.1. The fourth-order valence-corrected chi connectivity index (χ4v) is 5.18. The van der Waals surface area contributed by atoms with Gasteiger partial charge in [-0.15, -0.1) is 11.3 Å². The molecule has 2 aliphatic rings. The summed E-state index contributed by atoms with van der Waals surface area (Å²) in [7, 11) is 0. The number of nitrogens with zero attached hydrogens (tertiary/aromatic N) is 2. The number of benzene rings is 1. The van der Waals surface area contributed by atoms with E-state index in [-0.39, 0.29) is 18.4 Å². The van der Waals surface area contributed by atoms with E-state index in [2.05, 4.69) is 6.92 Å². The minimum atomic E-state index is -0.0116. The van der Waals surface area contributed by atoms with Crippen LogP contribution in [0.5, 0.6) is 5.75 Å². The van der Waals surface area contributed by atoms with Crippen molar-refractivity contribution in [3.05, 3.63) is 41.3 Å². The van der Waals surface area contributed by atoms with Gasteiger partial charge in [-0.2, -0.15) is 0 Å². The van der Waals surface area contributed by atoms with Gasteiger partial charge in [-0.3, -0.25) is 9.59 Å². The van der Waals surface area contributed by atoms with E-state index in [1.54, 1.807) is 0 Å². The number of amides is 2. The summed E-state index contributed by atoms with van der Waals surface area (Å²) in [6.07, 6.45) is 5.36. The highest BCUT2D eigenvalue weighted by Gasteiger charge is 2.27. The van der Waals surface area contributed by atoms with Crippen molar-refractivity contribution in [3.63, 3.8) is 0 Å². The Labute approximate surface area is 182 Å². The summed E-state index contributed by atoms with van der Waals surface area (Å²) in [6, 6.07) is 11.9. The third-order valence-electron chi connectivity index (χ3n) is 6.08. The number of carbonyl (C=O) groups excluding carboxylic acids is 2. The van der Waals surface area contributed by atoms with Crippen molar-refractivity contribution in [3.8, 4) is 16.2 Å². The van der Waals surface area contributed by atoms with E-state index >= 15 is 0 Å². The molecular weight excluding hydrogens is 396 g/mol. The Morgan fingerprint density at radius 1 is 1.00 bits per heavy atom. The van der Waals surface area contributed by atoms with E-state index < -0.39 is 0 Å². The Bertz CT molecular complexity index is 866. The van der Waals surface area contributed by atoms with Crippen LogP contribution in [0.4, 0.5) is 0 Å². The highest BCUT2D eigenvalue weighted by Crippen LogP contribution is 2.37. The van der Waals surface area contributed by atoms with E-state index in [1.165, 1.54) is 17.8 Å². The predicted octanol–water partition coefficient (Wildman–Crippen LogP) is 4.68. The molecule has 4 rings (SSSR count). The van der Waals surface area contributed by atoms with Gasteiger partial charge in [0.15, 0.2) is 6.61 Å². The normalized spacial score (nSPS) is 17.8. The van der Waals surface area contributed by atoms with Gasteiger partial charge in [0, 0.05) is 31.1 Å². The van der Waals surface area contributed by atoms with Gasteiger partial charge in [0.1, 0.15) is 10.6 Å². The molecule has 0 radical (unpaired) electrons. The van der Waals surface area contributed by atoms with Crippen molar-refractivity contribution in [1.82, 2.24) is 9.80 Å². The van der Waals surface area contributed by atoms with Gasteiger partial charge in [-0.25, -0.2) is 0 Å². The van der Waals surface area contributed by atoms with Crippen LogP contribution in [0.15, 0.2) is 36.4 Å². The summed E-state index contributed by atoms with van der Waals surface area (Å²) in [5.41, 5.74) is 1.06. The van der Waals surface area contributed by atoms with Gasteiger partial charge >= 0.3 is 0 Å². The van der Waals surface area contributed by atoms with Crippen LogP contribution in [0.2, 0.25) is 0 Å². The second-order valence-corrected chi connectivity index (χ2v) is 9.43. The molecule has 0 saturated carbocycles. The summed E-state index contributed by atoms with van der Waals surface area (Å²) in [4.78, 5) is 31.3. The van der Waals surface area contributed by atoms with Crippen LogP contribution < -0.4 is 4.74 Å². The average molecular weight is 427 g/mol. The number of carbonyl (C=O) groups is 2. The summed E-state index contributed by atoms with van der Waals surface area (Å²) < 4.78 is 5.96. The molecule has 30 heavy (non-hydrogen) atoms. The maximum atomic E-state index is 13.3.